The van der Waals surface area contributed by atoms with Crippen LogP contribution in [0.4, 0.5) is 5.69 Å². The number of aryl methyl sites for hydroxylation is 2. The van der Waals surface area contributed by atoms with Crippen LogP contribution in [0.25, 0.3) is 0 Å². The molecule has 0 spiro atoms. The Balaban J connectivity index is 2.10. The zero-order valence-corrected chi connectivity index (χ0v) is 12.6. The molecule has 0 aliphatic heterocycles. The Morgan fingerprint density at radius 3 is 2.71 bits per heavy atom. The maximum absolute atomic E-state index is 12.0. The Hall–Kier alpha value is -2.21. The number of carbonyl (C=O) groups is 1. The predicted molar refractivity (Wildman–Crippen MR) is 81.4 cm³/mol. The Bertz CT molecular complexity index is 678. The first-order chi connectivity index (χ1) is 10.0. The molecule has 2 aromatic rings. The number of rotatable bonds is 6. The lowest BCUT2D eigenvalue weighted by molar-refractivity contribution is -0.385. The van der Waals surface area contributed by atoms with Gasteiger partial charge in [0.05, 0.1) is 9.80 Å². The van der Waals surface area contributed by atoms with E-state index in [1.807, 2.05) is 19.9 Å². The number of Topliss-reactive ketones (excluding diaryl/α,β-unsaturated/α-hetero) is 1. The zero-order valence-electron chi connectivity index (χ0n) is 11.8. The molecule has 0 saturated heterocycles. The summed E-state index contributed by atoms with van der Waals surface area (Å²) < 4.78 is 5.35. The van der Waals surface area contributed by atoms with Gasteiger partial charge in [-0.3, -0.25) is 14.9 Å². The molecule has 0 aliphatic rings. The maximum atomic E-state index is 12.0. The minimum Gasteiger partial charge on any atom is -0.478 e. The standard InChI is InChI=1S/C15H15NO4S/c1-3-11-5-7-15(21-11)13(17)9-20-14-8-10(2)4-6-12(14)16(18)19/h4-8H,3,9H2,1-2H3. The number of carbonyl (C=O) groups excluding carboxylic acids is 1. The highest BCUT2D eigenvalue weighted by Gasteiger charge is 2.17. The number of hydrogen-bond donors (Lipinski definition) is 0. The highest BCUT2D eigenvalue weighted by Crippen LogP contribution is 2.28. The van der Waals surface area contributed by atoms with Crippen molar-refractivity contribution in [3.63, 3.8) is 0 Å². The minimum atomic E-state index is -0.514. The van der Waals surface area contributed by atoms with Gasteiger partial charge in [0.15, 0.2) is 12.4 Å². The molecule has 0 unspecified atom stereocenters. The minimum absolute atomic E-state index is 0.126. The van der Waals surface area contributed by atoms with Gasteiger partial charge in [0, 0.05) is 10.9 Å². The van der Waals surface area contributed by atoms with Gasteiger partial charge in [-0.25, -0.2) is 0 Å². The van der Waals surface area contributed by atoms with Crippen molar-refractivity contribution in [2.75, 3.05) is 6.61 Å². The summed E-state index contributed by atoms with van der Waals surface area (Å²) in [6.07, 6.45) is 0.877. The average molecular weight is 305 g/mol. The molecule has 5 nitrogen and oxygen atoms in total. The lowest BCUT2D eigenvalue weighted by atomic mass is 10.2. The van der Waals surface area contributed by atoms with Gasteiger partial charge >= 0.3 is 5.69 Å². The molecular formula is C15H15NO4S. The summed E-state index contributed by atoms with van der Waals surface area (Å²) in [7, 11) is 0. The predicted octanol–water partition coefficient (Wildman–Crippen LogP) is 3.79. The molecule has 0 atom stereocenters. The summed E-state index contributed by atoms with van der Waals surface area (Å²) in [5, 5.41) is 10.9. The Morgan fingerprint density at radius 1 is 1.33 bits per heavy atom. The fourth-order valence-corrected chi connectivity index (χ4v) is 2.69. The normalized spacial score (nSPS) is 10.4. The largest absolute Gasteiger partial charge is 0.478 e. The number of thiophene rings is 1. The van der Waals surface area contributed by atoms with Crippen LogP contribution in [-0.2, 0) is 6.42 Å². The van der Waals surface area contributed by atoms with Crippen LogP contribution in [0.3, 0.4) is 0 Å². The van der Waals surface area contributed by atoms with Crippen molar-refractivity contribution in [2.24, 2.45) is 0 Å². The number of nitrogens with zero attached hydrogens (tertiary/aromatic N) is 1. The van der Waals surface area contributed by atoms with Crippen LogP contribution in [0, 0.1) is 17.0 Å². The van der Waals surface area contributed by atoms with E-state index in [9.17, 15) is 14.9 Å². The van der Waals surface area contributed by atoms with E-state index in [-0.39, 0.29) is 23.8 Å². The van der Waals surface area contributed by atoms with Gasteiger partial charge in [-0.15, -0.1) is 11.3 Å². The monoisotopic (exact) mass is 305 g/mol. The molecule has 0 N–H and O–H groups in total. The van der Waals surface area contributed by atoms with Crippen molar-refractivity contribution < 1.29 is 14.5 Å². The molecular weight excluding hydrogens is 290 g/mol. The van der Waals surface area contributed by atoms with Crippen molar-refractivity contribution in [2.45, 2.75) is 20.3 Å². The third kappa shape index (κ3) is 3.66. The topological polar surface area (TPSA) is 69.4 Å². The van der Waals surface area contributed by atoms with Crippen molar-refractivity contribution in [3.05, 3.63) is 55.8 Å². The molecule has 110 valence electrons. The number of nitro benzene ring substituents is 1. The van der Waals surface area contributed by atoms with Crippen molar-refractivity contribution in [1.82, 2.24) is 0 Å². The maximum Gasteiger partial charge on any atom is 0.310 e. The lowest BCUT2D eigenvalue weighted by Crippen LogP contribution is -2.11. The summed E-state index contributed by atoms with van der Waals surface area (Å²) in [6, 6.07) is 8.26. The average Bonchev–Trinajstić information content (AvgIpc) is 2.93. The van der Waals surface area contributed by atoms with E-state index in [0.717, 1.165) is 16.9 Å². The first kappa shape index (κ1) is 15.2. The van der Waals surface area contributed by atoms with Crippen LogP contribution in [-0.4, -0.2) is 17.3 Å². The van der Waals surface area contributed by atoms with Crippen LogP contribution in [0.1, 0.15) is 27.0 Å². The number of hydrogen-bond acceptors (Lipinski definition) is 5. The van der Waals surface area contributed by atoms with Gasteiger partial charge in [-0.2, -0.15) is 0 Å². The zero-order chi connectivity index (χ0) is 15.4. The molecule has 2 rings (SSSR count). The summed E-state index contributed by atoms with van der Waals surface area (Å²) in [5.41, 5.74) is 0.710. The molecule has 0 radical (unpaired) electrons. The van der Waals surface area contributed by atoms with Gasteiger partial charge in [-0.1, -0.05) is 13.0 Å². The van der Waals surface area contributed by atoms with E-state index < -0.39 is 4.92 Å². The van der Waals surface area contributed by atoms with Crippen LogP contribution in [0.2, 0.25) is 0 Å². The van der Waals surface area contributed by atoms with E-state index in [4.69, 9.17) is 4.74 Å². The smallest absolute Gasteiger partial charge is 0.310 e. The Labute approximate surface area is 126 Å². The van der Waals surface area contributed by atoms with Crippen LogP contribution in [0.15, 0.2) is 30.3 Å². The van der Waals surface area contributed by atoms with Crippen molar-refractivity contribution >= 4 is 22.8 Å². The third-order valence-electron chi connectivity index (χ3n) is 2.96. The second-order valence-electron chi connectivity index (χ2n) is 4.56. The molecule has 0 fully saturated rings. The molecule has 1 aromatic heterocycles. The fraction of sp³-hybridized carbons (Fsp3) is 0.267. The Morgan fingerprint density at radius 2 is 2.10 bits per heavy atom. The number of ether oxygens (including phenoxy) is 1. The van der Waals surface area contributed by atoms with Crippen LogP contribution < -0.4 is 4.74 Å². The van der Waals surface area contributed by atoms with Crippen LogP contribution >= 0.6 is 11.3 Å². The number of benzene rings is 1. The molecule has 21 heavy (non-hydrogen) atoms. The molecule has 0 bridgehead atoms. The second kappa shape index (κ2) is 6.49. The first-order valence-electron chi connectivity index (χ1n) is 6.51. The summed E-state index contributed by atoms with van der Waals surface area (Å²) in [4.78, 5) is 24.2. The van der Waals surface area contributed by atoms with Crippen molar-refractivity contribution in [1.29, 1.82) is 0 Å². The van der Waals surface area contributed by atoms with E-state index in [1.165, 1.54) is 17.4 Å². The SMILES string of the molecule is CCc1ccc(C(=O)COc2cc(C)ccc2[N+](=O)[O-])s1. The highest BCUT2D eigenvalue weighted by molar-refractivity contribution is 7.14. The quantitative estimate of drug-likeness (QED) is 0.462. The molecule has 6 heteroatoms. The first-order valence-corrected chi connectivity index (χ1v) is 7.32. The molecule has 1 aromatic carbocycles. The van der Waals surface area contributed by atoms with Gasteiger partial charge in [0.1, 0.15) is 0 Å². The van der Waals surface area contributed by atoms with Gasteiger partial charge < -0.3 is 4.74 Å². The van der Waals surface area contributed by atoms with E-state index in [1.54, 1.807) is 18.2 Å². The van der Waals surface area contributed by atoms with E-state index in [2.05, 4.69) is 0 Å². The summed E-state index contributed by atoms with van der Waals surface area (Å²) in [5.74, 6) is -0.0453. The van der Waals surface area contributed by atoms with Gasteiger partial charge in [0.25, 0.3) is 0 Å². The second-order valence-corrected chi connectivity index (χ2v) is 5.73. The van der Waals surface area contributed by atoms with E-state index >= 15 is 0 Å². The third-order valence-corrected chi connectivity index (χ3v) is 4.23. The van der Waals surface area contributed by atoms with Crippen molar-refractivity contribution in [3.8, 4) is 5.75 Å². The number of nitro groups is 1. The summed E-state index contributed by atoms with van der Waals surface area (Å²) in [6.45, 7) is 3.63. The Kier molecular flexibility index (Phi) is 4.70. The molecule has 0 aliphatic carbocycles. The van der Waals surface area contributed by atoms with Gasteiger partial charge in [0.2, 0.25) is 5.78 Å². The summed E-state index contributed by atoms with van der Waals surface area (Å²) >= 11 is 1.43. The number of ketones is 1. The van der Waals surface area contributed by atoms with Gasteiger partial charge in [-0.05, 0) is 37.1 Å². The fourth-order valence-electron chi connectivity index (χ4n) is 1.82. The highest BCUT2D eigenvalue weighted by atomic mass is 32.1. The molecule has 1 heterocycles. The molecule has 0 amide bonds. The lowest BCUT2D eigenvalue weighted by Gasteiger charge is -2.06. The molecule has 0 saturated carbocycles. The van der Waals surface area contributed by atoms with Crippen LogP contribution in [0.5, 0.6) is 5.75 Å². The van der Waals surface area contributed by atoms with E-state index in [0.29, 0.717) is 4.88 Å².